The Morgan fingerprint density at radius 2 is 1.96 bits per heavy atom. The van der Waals surface area contributed by atoms with Gasteiger partial charge in [-0.15, -0.1) is 0 Å². The number of aryl methyl sites for hydroxylation is 1. The molecule has 0 saturated carbocycles. The zero-order valence-corrected chi connectivity index (χ0v) is 16.3. The minimum Gasteiger partial charge on any atom is -0.383 e. The average Bonchev–Trinajstić information content (AvgIpc) is 3.13. The normalized spacial score (nSPS) is 11.1. The Labute approximate surface area is 159 Å². The Kier molecular flexibility index (Phi) is 8.06. The van der Waals surface area contributed by atoms with E-state index in [-0.39, 0.29) is 11.9 Å². The molecule has 7 heteroatoms. The third kappa shape index (κ3) is 5.54. The second-order valence-corrected chi connectivity index (χ2v) is 6.51. The maximum atomic E-state index is 12.7. The van der Waals surface area contributed by atoms with Gasteiger partial charge in [0.05, 0.1) is 6.61 Å². The summed E-state index contributed by atoms with van der Waals surface area (Å²) in [5, 5.41) is 4.64. The van der Waals surface area contributed by atoms with Crippen LogP contribution in [0.5, 0.6) is 0 Å². The fraction of sp³-hybridized carbons (Fsp3) is 0.526. The smallest absolute Gasteiger partial charge is 0.227 e. The molecule has 0 atom stereocenters. The summed E-state index contributed by atoms with van der Waals surface area (Å²) in [7, 11) is 1.65. The highest BCUT2D eigenvalue weighted by molar-refractivity contribution is 6.30. The first kappa shape index (κ1) is 20.4. The van der Waals surface area contributed by atoms with Gasteiger partial charge in [-0.1, -0.05) is 30.6 Å². The summed E-state index contributed by atoms with van der Waals surface area (Å²) in [6.07, 6.45) is 2.60. The van der Waals surface area contributed by atoms with E-state index in [4.69, 9.17) is 20.9 Å². The van der Waals surface area contributed by atoms with Gasteiger partial charge < -0.3 is 14.2 Å². The van der Waals surface area contributed by atoms with Gasteiger partial charge in [0.1, 0.15) is 0 Å². The molecule has 1 heterocycles. The first-order valence-electron chi connectivity index (χ1n) is 8.95. The molecule has 0 radical (unpaired) electrons. The number of methoxy groups -OCH3 is 1. The Hall–Kier alpha value is -1.92. The number of amides is 1. The second-order valence-electron chi connectivity index (χ2n) is 6.07. The van der Waals surface area contributed by atoms with Gasteiger partial charge in [-0.3, -0.25) is 4.79 Å². The molecular formula is C19H26ClN3O3. The Morgan fingerprint density at radius 3 is 2.58 bits per heavy atom. The molecule has 0 unspecified atom stereocenters. The molecule has 1 amide bonds. The van der Waals surface area contributed by atoms with Crippen LogP contribution in [-0.4, -0.2) is 47.3 Å². The van der Waals surface area contributed by atoms with Gasteiger partial charge in [0.25, 0.3) is 0 Å². The van der Waals surface area contributed by atoms with Crippen LogP contribution in [0.2, 0.25) is 5.02 Å². The number of nitrogens with zero attached hydrogens (tertiary/aromatic N) is 3. The molecule has 2 rings (SSSR count). The maximum Gasteiger partial charge on any atom is 0.227 e. The van der Waals surface area contributed by atoms with Gasteiger partial charge in [-0.2, -0.15) is 4.98 Å². The predicted octanol–water partition coefficient (Wildman–Crippen LogP) is 3.99. The molecule has 142 valence electrons. The van der Waals surface area contributed by atoms with Crippen molar-refractivity contribution in [2.45, 2.75) is 45.6 Å². The van der Waals surface area contributed by atoms with Crippen molar-refractivity contribution in [2.75, 3.05) is 20.3 Å². The highest BCUT2D eigenvalue weighted by atomic mass is 35.5. The van der Waals surface area contributed by atoms with Gasteiger partial charge in [-0.25, -0.2) is 0 Å². The molecule has 1 aromatic heterocycles. The third-order valence-electron chi connectivity index (χ3n) is 4.36. The standard InChI is InChI=1S/C19H26ClN3O3/c1-4-16(5-2)23(12-13-25-3)18(24)11-10-17-21-19(22-26-17)14-6-8-15(20)9-7-14/h6-9,16H,4-5,10-13H2,1-3H3. The van der Waals surface area contributed by atoms with Crippen molar-refractivity contribution in [1.82, 2.24) is 15.0 Å². The topological polar surface area (TPSA) is 68.5 Å². The van der Waals surface area contributed by atoms with Gasteiger partial charge in [0, 0.05) is 43.1 Å². The molecule has 1 aromatic carbocycles. The summed E-state index contributed by atoms with van der Waals surface area (Å²) < 4.78 is 10.4. The molecule has 0 aliphatic carbocycles. The summed E-state index contributed by atoms with van der Waals surface area (Å²) in [5.41, 5.74) is 0.828. The van der Waals surface area contributed by atoms with Crippen molar-refractivity contribution in [1.29, 1.82) is 0 Å². The van der Waals surface area contributed by atoms with Crippen LogP contribution in [0, 0.1) is 0 Å². The first-order valence-corrected chi connectivity index (χ1v) is 9.33. The maximum absolute atomic E-state index is 12.7. The fourth-order valence-electron chi connectivity index (χ4n) is 2.86. The van der Waals surface area contributed by atoms with Crippen molar-refractivity contribution >= 4 is 17.5 Å². The summed E-state index contributed by atoms with van der Waals surface area (Å²) in [6, 6.07) is 7.45. The highest BCUT2D eigenvalue weighted by Gasteiger charge is 2.21. The zero-order valence-electron chi connectivity index (χ0n) is 15.6. The van der Waals surface area contributed by atoms with Gasteiger partial charge in [0.2, 0.25) is 17.6 Å². The third-order valence-corrected chi connectivity index (χ3v) is 4.62. The van der Waals surface area contributed by atoms with Gasteiger partial charge >= 0.3 is 0 Å². The van der Waals surface area contributed by atoms with Gasteiger partial charge in [0.15, 0.2) is 0 Å². The minimum atomic E-state index is 0.0852. The van der Waals surface area contributed by atoms with E-state index >= 15 is 0 Å². The van der Waals surface area contributed by atoms with E-state index in [1.54, 1.807) is 19.2 Å². The summed E-state index contributed by atoms with van der Waals surface area (Å²) in [6.45, 7) is 5.32. The lowest BCUT2D eigenvalue weighted by atomic mass is 10.1. The van der Waals surface area contributed by atoms with Crippen molar-refractivity contribution in [3.05, 3.63) is 35.2 Å². The zero-order chi connectivity index (χ0) is 18.9. The number of carbonyl (C=O) groups excluding carboxylic acids is 1. The monoisotopic (exact) mass is 379 g/mol. The second kappa shape index (κ2) is 10.3. The van der Waals surface area contributed by atoms with Crippen molar-refractivity contribution < 1.29 is 14.1 Å². The molecule has 0 aliphatic heterocycles. The molecule has 6 nitrogen and oxygen atoms in total. The molecule has 0 bridgehead atoms. The number of aromatic nitrogens is 2. The fourth-order valence-corrected chi connectivity index (χ4v) is 2.99. The van der Waals surface area contributed by atoms with Crippen LogP contribution in [0.3, 0.4) is 0 Å². The Morgan fingerprint density at radius 1 is 1.27 bits per heavy atom. The average molecular weight is 380 g/mol. The van der Waals surface area contributed by atoms with Crippen LogP contribution in [0.4, 0.5) is 0 Å². The summed E-state index contributed by atoms with van der Waals surface area (Å²) in [5.74, 6) is 1.04. The lowest BCUT2D eigenvalue weighted by molar-refractivity contribution is -0.134. The first-order chi connectivity index (χ1) is 12.6. The predicted molar refractivity (Wildman–Crippen MR) is 101 cm³/mol. The summed E-state index contributed by atoms with van der Waals surface area (Å²) >= 11 is 5.89. The Bertz CT molecular complexity index is 684. The Balaban J connectivity index is 1.97. The molecule has 26 heavy (non-hydrogen) atoms. The van der Waals surface area contributed by atoms with E-state index < -0.39 is 0 Å². The summed E-state index contributed by atoms with van der Waals surface area (Å²) in [4.78, 5) is 18.9. The van der Waals surface area contributed by atoms with Crippen LogP contribution >= 0.6 is 11.6 Å². The van der Waals surface area contributed by atoms with E-state index in [9.17, 15) is 4.79 Å². The number of ether oxygens (including phenoxy) is 1. The van der Waals surface area contributed by atoms with E-state index in [2.05, 4.69) is 24.0 Å². The van der Waals surface area contributed by atoms with Crippen LogP contribution < -0.4 is 0 Å². The number of hydrogen-bond acceptors (Lipinski definition) is 5. The lowest BCUT2D eigenvalue weighted by Crippen LogP contribution is -2.41. The number of carbonyl (C=O) groups is 1. The van der Waals surface area contributed by atoms with Crippen LogP contribution in [0.25, 0.3) is 11.4 Å². The molecule has 0 N–H and O–H groups in total. The van der Waals surface area contributed by atoms with Crippen molar-refractivity contribution in [3.8, 4) is 11.4 Å². The minimum absolute atomic E-state index is 0.0852. The van der Waals surface area contributed by atoms with E-state index in [0.29, 0.717) is 42.7 Å². The largest absolute Gasteiger partial charge is 0.383 e. The molecule has 0 spiro atoms. The molecule has 0 saturated heterocycles. The number of hydrogen-bond donors (Lipinski definition) is 0. The number of halogens is 1. The van der Waals surface area contributed by atoms with Crippen LogP contribution in [0.15, 0.2) is 28.8 Å². The number of rotatable bonds is 10. The quantitative estimate of drug-likeness (QED) is 0.624. The molecule has 0 fully saturated rings. The van der Waals surface area contributed by atoms with Crippen molar-refractivity contribution in [2.24, 2.45) is 0 Å². The molecule has 0 aliphatic rings. The van der Waals surface area contributed by atoms with Crippen LogP contribution in [0.1, 0.15) is 39.0 Å². The molecular weight excluding hydrogens is 354 g/mol. The van der Waals surface area contributed by atoms with Crippen molar-refractivity contribution in [3.63, 3.8) is 0 Å². The van der Waals surface area contributed by atoms with Crippen LogP contribution in [-0.2, 0) is 16.0 Å². The van der Waals surface area contributed by atoms with Gasteiger partial charge in [-0.05, 0) is 37.1 Å². The molecule has 2 aromatic rings. The SMILES string of the molecule is CCC(CC)N(CCOC)C(=O)CCc1nc(-c2ccc(Cl)cc2)no1. The van der Waals surface area contributed by atoms with E-state index in [1.165, 1.54) is 0 Å². The van der Waals surface area contributed by atoms with E-state index in [1.807, 2.05) is 17.0 Å². The number of benzene rings is 1. The van der Waals surface area contributed by atoms with E-state index in [0.717, 1.165) is 18.4 Å². The highest BCUT2D eigenvalue weighted by Crippen LogP contribution is 2.19. The lowest BCUT2D eigenvalue weighted by Gasteiger charge is -2.30.